The van der Waals surface area contributed by atoms with Gasteiger partial charge < -0.3 is 20.3 Å². The van der Waals surface area contributed by atoms with Crippen molar-refractivity contribution in [1.29, 1.82) is 5.26 Å². The maximum Gasteiger partial charge on any atom is 0.255 e. The van der Waals surface area contributed by atoms with Crippen LogP contribution in [-0.2, 0) is 0 Å². The Morgan fingerprint density at radius 1 is 1.15 bits per heavy atom. The van der Waals surface area contributed by atoms with E-state index < -0.39 is 17.7 Å². The first-order chi connectivity index (χ1) is 18.7. The van der Waals surface area contributed by atoms with Crippen LogP contribution in [0.1, 0.15) is 29.8 Å². The summed E-state index contributed by atoms with van der Waals surface area (Å²) in [5.74, 6) is -0.556. The lowest BCUT2D eigenvalue weighted by Crippen LogP contribution is -2.42. The van der Waals surface area contributed by atoms with Gasteiger partial charge in [-0.15, -0.1) is 0 Å². The van der Waals surface area contributed by atoms with Gasteiger partial charge in [-0.1, -0.05) is 17.3 Å². The molecule has 0 aliphatic carbocycles. The average Bonchev–Trinajstić information content (AvgIpc) is 3.61. The van der Waals surface area contributed by atoms with E-state index in [2.05, 4.69) is 31.9 Å². The number of nitriles is 1. The molecule has 1 unspecified atom stereocenters. The fraction of sp³-hybridized carbons (Fsp3) is 0.179. The normalized spacial score (nSPS) is 12.2. The molecule has 4 heterocycles. The van der Waals surface area contributed by atoms with E-state index in [0.717, 1.165) is 5.56 Å². The van der Waals surface area contributed by atoms with Crippen molar-refractivity contribution in [2.75, 3.05) is 11.9 Å². The van der Waals surface area contributed by atoms with Crippen LogP contribution >= 0.6 is 0 Å². The van der Waals surface area contributed by atoms with Gasteiger partial charge in [-0.2, -0.15) is 10.4 Å². The molecule has 0 fully saturated rings. The lowest BCUT2D eigenvalue weighted by molar-refractivity contribution is -0.00177. The monoisotopic (exact) mass is 525 g/mol. The number of anilines is 2. The third-order valence-electron chi connectivity index (χ3n) is 6.15. The van der Waals surface area contributed by atoms with E-state index in [1.54, 1.807) is 22.7 Å². The zero-order valence-corrected chi connectivity index (χ0v) is 21.1. The van der Waals surface area contributed by atoms with Gasteiger partial charge in [0.15, 0.2) is 0 Å². The molecular formula is C28H24FN7O3. The number of amides is 1. The number of nitrogens with one attached hydrogen (secondary N) is 2. The topological polar surface area (TPSA) is 141 Å². The Balaban J connectivity index is 1.49. The fourth-order valence-corrected chi connectivity index (χ4v) is 3.90. The highest BCUT2D eigenvalue weighted by Gasteiger charge is 2.27. The maximum absolute atomic E-state index is 14.3. The zero-order valence-electron chi connectivity index (χ0n) is 21.1. The minimum Gasteiger partial charge on any atom is -0.387 e. The van der Waals surface area contributed by atoms with Gasteiger partial charge in [0, 0.05) is 23.5 Å². The molecule has 1 amide bonds. The van der Waals surface area contributed by atoms with Crippen LogP contribution in [-0.4, -0.2) is 49.1 Å². The predicted octanol–water partition coefficient (Wildman–Crippen LogP) is 4.51. The molecule has 3 N–H and O–H groups in total. The number of carbonyl (C=O) groups is 1. The molecular weight excluding hydrogens is 501 g/mol. The van der Waals surface area contributed by atoms with E-state index in [0.29, 0.717) is 39.5 Å². The first-order valence-corrected chi connectivity index (χ1v) is 12.0. The Kier molecular flexibility index (Phi) is 6.79. The predicted molar refractivity (Wildman–Crippen MR) is 142 cm³/mol. The van der Waals surface area contributed by atoms with Crippen LogP contribution in [0.3, 0.4) is 0 Å². The van der Waals surface area contributed by atoms with E-state index in [-0.39, 0.29) is 12.1 Å². The summed E-state index contributed by atoms with van der Waals surface area (Å²) < 4.78 is 20.9. The summed E-state index contributed by atoms with van der Waals surface area (Å²) in [6.07, 6.45) is 2.69. The first kappa shape index (κ1) is 25.6. The van der Waals surface area contributed by atoms with E-state index in [9.17, 15) is 19.6 Å². The maximum atomic E-state index is 14.3. The van der Waals surface area contributed by atoms with Crippen LogP contribution in [0.2, 0.25) is 0 Å². The second-order valence-electron chi connectivity index (χ2n) is 9.44. The number of rotatable bonds is 8. The van der Waals surface area contributed by atoms with E-state index in [1.165, 1.54) is 32.5 Å². The molecule has 39 heavy (non-hydrogen) atoms. The number of hydrogen-bond donors (Lipinski definition) is 3. The SMILES string of the molecule is CC(C)(O)C(F)CNC(=O)c1cnc(-c2ccc3cc(C#N)cnn23)cc1Nc1ccc(-c2ccon2)cc1. The zero-order chi connectivity index (χ0) is 27.6. The number of fused-ring (bicyclic) bond motifs is 1. The second kappa shape index (κ2) is 10.4. The molecule has 10 nitrogen and oxygen atoms in total. The molecule has 0 bridgehead atoms. The van der Waals surface area contributed by atoms with Crippen LogP contribution in [0.4, 0.5) is 15.8 Å². The highest BCUT2D eigenvalue weighted by atomic mass is 19.1. The largest absolute Gasteiger partial charge is 0.387 e. The molecule has 5 aromatic rings. The van der Waals surface area contributed by atoms with Crippen molar-refractivity contribution < 1.29 is 18.8 Å². The summed E-state index contributed by atoms with van der Waals surface area (Å²) in [6, 6.07) is 18.2. The number of aromatic nitrogens is 4. The molecule has 1 atom stereocenters. The Labute approximate surface area is 222 Å². The molecule has 196 valence electrons. The smallest absolute Gasteiger partial charge is 0.255 e. The number of hydrogen-bond acceptors (Lipinski definition) is 8. The molecule has 0 radical (unpaired) electrons. The quantitative estimate of drug-likeness (QED) is 0.269. The van der Waals surface area contributed by atoms with Crippen LogP contribution in [0.15, 0.2) is 77.8 Å². The molecule has 0 aliphatic rings. The van der Waals surface area contributed by atoms with Crippen LogP contribution in [0, 0.1) is 11.3 Å². The van der Waals surface area contributed by atoms with Crippen LogP contribution in [0.5, 0.6) is 0 Å². The summed E-state index contributed by atoms with van der Waals surface area (Å²) >= 11 is 0. The van der Waals surface area contributed by atoms with Crippen molar-refractivity contribution >= 4 is 22.8 Å². The molecule has 0 aliphatic heterocycles. The molecule has 11 heteroatoms. The number of alkyl halides is 1. The highest BCUT2D eigenvalue weighted by Crippen LogP contribution is 2.29. The number of pyridine rings is 1. The van der Waals surface area contributed by atoms with Crippen molar-refractivity contribution in [2.24, 2.45) is 0 Å². The van der Waals surface area contributed by atoms with Gasteiger partial charge in [-0.05, 0) is 50.2 Å². The molecule has 0 saturated carbocycles. The van der Waals surface area contributed by atoms with Gasteiger partial charge in [0.1, 0.15) is 24.2 Å². The van der Waals surface area contributed by atoms with Crippen molar-refractivity contribution in [3.05, 3.63) is 84.4 Å². The van der Waals surface area contributed by atoms with E-state index in [4.69, 9.17) is 4.52 Å². The lowest BCUT2D eigenvalue weighted by Gasteiger charge is -2.22. The van der Waals surface area contributed by atoms with Crippen molar-refractivity contribution in [1.82, 2.24) is 25.1 Å². The summed E-state index contributed by atoms with van der Waals surface area (Å²) in [6.45, 7) is 2.31. The Hall–Kier alpha value is -5.08. The minimum absolute atomic E-state index is 0.183. The van der Waals surface area contributed by atoms with Crippen LogP contribution < -0.4 is 10.6 Å². The Morgan fingerprint density at radius 2 is 1.95 bits per heavy atom. The fourth-order valence-electron chi connectivity index (χ4n) is 3.90. The molecule has 1 aromatic carbocycles. The Bertz CT molecular complexity index is 1670. The van der Waals surface area contributed by atoms with Gasteiger partial charge in [0.2, 0.25) is 0 Å². The summed E-state index contributed by atoms with van der Waals surface area (Å²) in [5.41, 5.74) is 3.55. The third-order valence-corrected chi connectivity index (χ3v) is 6.15. The van der Waals surface area contributed by atoms with E-state index in [1.807, 2.05) is 36.4 Å². The highest BCUT2D eigenvalue weighted by molar-refractivity contribution is 6.00. The van der Waals surface area contributed by atoms with Crippen molar-refractivity contribution in [3.8, 4) is 28.7 Å². The van der Waals surface area contributed by atoms with Gasteiger partial charge in [0.25, 0.3) is 5.91 Å². The van der Waals surface area contributed by atoms with E-state index >= 15 is 0 Å². The van der Waals surface area contributed by atoms with Gasteiger partial charge in [-0.25, -0.2) is 8.91 Å². The molecule has 0 spiro atoms. The molecule has 4 aromatic heterocycles. The molecule has 0 saturated heterocycles. The van der Waals surface area contributed by atoms with Crippen molar-refractivity contribution in [2.45, 2.75) is 25.6 Å². The number of nitrogens with zero attached hydrogens (tertiary/aromatic N) is 5. The van der Waals surface area contributed by atoms with Gasteiger partial charge >= 0.3 is 0 Å². The van der Waals surface area contributed by atoms with Crippen molar-refractivity contribution in [3.63, 3.8) is 0 Å². The van der Waals surface area contributed by atoms with Gasteiger partial charge in [0.05, 0.1) is 52.1 Å². The number of aliphatic hydroxyl groups is 1. The first-order valence-electron chi connectivity index (χ1n) is 12.0. The summed E-state index contributed by atoms with van der Waals surface area (Å²) in [7, 11) is 0. The third kappa shape index (κ3) is 5.46. The number of carbonyl (C=O) groups excluding carboxylic acids is 1. The summed E-state index contributed by atoms with van der Waals surface area (Å²) in [4.78, 5) is 17.5. The van der Waals surface area contributed by atoms with Crippen LogP contribution in [0.25, 0.3) is 28.2 Å². The Morgan fingerprint density at radius 3 is 2.64 bits per heavy atom. The van der Waals surface area contributed by atoms with Gasteiger partial charge in [-0.3, -0.25) is 9.78 Å². The standard InChI is InChI=1S/C28H24FN7O3/c1-28(2,38)26(29)16-32-27(37)21-15-31-24(25-8-7-20-11-17(13-30)14-33-36(20)25)12-23(21)34-19-5-3-18(4-6-19)22-9-10-39-35-22/h3-12,14-15,26,38H,16H2,1-2H3,(H,31,34)(H,32,37). The average molecular weight is 526 g/mol. The minimum atomic E-state index is -1.66. The summed E-state index contributed by atoms with van der Waals surface area (Å²) in [5, 5.41) is 33.1. The lowest BCUT2D eigenvalue weighted by atomic mass is 10.0. The number of benzene rings is 1. The molecule has 5 rings (SSSR count). The second-order valence-corrected chi connectivity index (χ2v) is 9.44. The number of halogens is 1.